The molecule has 0 saturated carbocycles. The van der Waals surface area contributed by atoms with Crippen molar-refractivity contribution in [2.24, 2.45) is 0 Å². The largest absolute Gasteiger partial charge is 0.348 e. The lowest BCUT2D eigenvalue weighted by molar-refractivity contribution is 0.0943. The third-order valence-electron chi connectivity index (χ3n) is 7.74. The van der Waals surface area contributed by atoms with E-state index in [1.54, 1.807) is 0 Å². The maximum Gasteiger partial charge on any atom is 0.251 e. The summed E-state index contributed by atoms with van der Waals surface area (Å²) in [5.74, 6) is -0.142. The van der Waals surface area contributed by atoms with E-state index in [1.807, 2.05) is 88.4 Å². The summed E-state index contributed by atoms with van der Waals surface area (Å²) >= 11 is 0. The quantitative estimate of drug-likeness (QED) is 0.261. The first kappa shape index (κ1) is 27.8. The molecule has 4 nitrogen and oxygen atoms in total. The first-order valence-electron chi connectivity index (χ1n) is 13.4. The van der Waals surface area contributed by atoms with Gasteiger partial charge in [0.15, 0.2) is 0 Å². The third kappa shape index (κ3) is 6.64. The Morgan fingerprint density at radius 2 is 0.974 bits per heavy atom. The van der Waals surface area contributed by atoms with Crippen LogP contribution in [0.5, 0.6) is 0 Å². The Kier molecular flexibility index (Phi) is 8.35. The maximum atomic E-state index is 12.7. The number of carbonyl (C=O) groups excluding carboxylic acids is 2. The lowest BCUT2D eigenvalue weighted by Gasteiger charge is -2.27. The summed E-state index contributed by atoms with van der Waals surface area (Å²) in [5, 5.41) is 6.12. The second kappa shape index (κ2) is 11.7. The number of hydrogen-bond acceptors (Lipinski definition) is 2. The molecule has 200 valence electrons. The van der Waals surface area contributed by atoms with Crippen LogP contribution in [0.4, 0.5) is 0 Å². The number of aryl methyl sites for hydroxylation is 4. The fraction of sp³-hybridized carbons (Fsp3) is 0.257. The van der Waals surface area contributed by atoms with Gasteiger partial charge >= 0.3 is 0 Å². The molecule has 0 fully saturated rings. The topological polar surface area (TPSA) is 58.2 Å². The van der Waals surface area contributed by atoms with E-state index in [0.717, 1.165) is 33.4 Å². The number of benzene rings is 4. The third-order valence-corrected chi connectivity index (χ3v) is 7.74. The van der Waals surface area contributed by atoms with Gasteiger partial charge in [0, 0.05) is 29.6 Å². The molecule has 0 atom stereocenters. The summed E-state index contributed by atoms with van der Waals surface area (Å²) in [4.78, 5) is 25.4. The lowest BCUT2D eigenvalue weighted by Crippen LogP contribution is -2.24. The fourth-order valence-electron chi connectivity index (χ4n) is 4.64. The molecule has 0 aliphatic heterocycles. The summed E-state index contributed by atoms with van der Waals surface area (Å²) in [6.45, 7) is 13.4. The highest BCUT2D eigenvalue weighted by Crippen LogP contribution is 2.32. The predicted octanol–water partition coefficient (Wildman–Crippen LogP) is 7.11. The van der Waals surface area contributed by atoms with Gasteiger partial charge in [-0.15, -0.1) is 0 Å². The minimum atomic E-state index is -0.262. The lowest BCUT2D eigenvalue weighted by atomic mass is 9.77. The van der Waals surface area contributed by atoms with Crippen molar-refractivity contribution in [1.29, 1.82) is 0 Å². The van der Waals surface area contributed by atoms with Gasteiger partial charge in [-0.1, -0.05) is 74.5 Å². The monoisotopic (exact) mass is 518 g/mol. The van der Waals surface area contributed by atoms with E-state index < -0.39 is 0 Å². The molecule has 0 saturated heterocycles. The molecule has 0 aromatic heterocycles. The van der Waals surface area contributed by atoms with Crippen molar-refractivity contribution < 1.29 is 9.59 Å². The average Bonchev–Trinajstić information content (AvgIpc) is 2.93. The first-order valence-corrected chi connectivity index (χ1v) is 13.4. The second-order valence-electron chi connectivity index (χ2n) is 11.0. The van der Waals surface area contributed by atoms with E-state index in [0.29, 0.717) is 24.2 Å². The van der Waals surface area contributed by atoms with Crippen LogP contribution in [0.1, 0.15) is 79.1 Å². The smallest absolute Gasteiger partial charge is 0.251 e. The predicted molar refractivity (Wildman–Crippen MR) is 159 cm³/mol. The zero-order valence-corrected chi connectivity index (χ0v) is 23.8. The minimum absolute atomic E-state index is 0.0710. The van der Waals surface area contributed by atoms with Gasteiger partial charge in [-0.25, -0.2) is 0 Å². The van der Waals surface area contributed by atoms with Gasteiger partial charge in [0.25, 0.3) is 11.8 Å². The van der Waals surface area contributed by atoms with Crippen molar-refractivity contribution in [2.45, 2.75) is 60.0 Å². The van der Waals surface area contributed by atoms with Crippen molar-refractivity contribution in [2.75, 3.05) is 0 Å². The van der Waals surface area contributed by atoms with Gasteiger partial charge < -0.3 is 10.6 Å². The van der Waals surface area contributed by atoms with E-state index >= 15 is 0 Å². The van der Waals surface area contributed by atoms with Crippen molar-refractivity contribution in [3.05, 3.63) is 141 Å². The highest BCUT2D eigenvalue weighted by molar-refractivity contribution is 5.95. The average molecular weight is 519 g/mol. The van der Waals surface area contributed by atoms with E-state index in [1.165, 1.54) is 11.1 Å². The van der Waals surface area contributed by atoms with Gasteiger partial charge in [-0.05, 0) is 96.5 Å². The molecule has 2 N–H and O–H groups in total. The molecular weight excluding hydrogens is 480 g/mol. The number of hydrogen-bond donors (Lipinski definition) is 2. The highest BCUT2D eigenvalue weighted by Gasteiger charge is 2.24. The van der Waals surface area contributed by atoms with Gasteiger partial charge in [0.2, 0.25) is 0 Å². The van der Waals surface area contributed by atoms with Gasteiger partial charge in [0.05, 0.1) is 0 Å². The summed E-state index contributed by atoms with van der Waals surface area (Å²) < 4.78 is 0. The van der Waals surface area contributed by atoms with E-state index in [-0.39, 0.29) is 17.2 Å². The molecule has 0 aliphatic carbocycles. The fourth-order valence-corrected chi connectivity index (χ4v) is 4.64. The molecule has 4 aromatic carbocycles. The molecule has 39 heavy (non-hydrogen) atoms. The molecule has 4 heteroatoms. The molecule has 0 spiro atoms. The Bertz CT molecular complexity index is 1400. The Balaban J connectivity index is 1.44. The van der Waals surface area contributed by atoms with E-state index in [2.05, 4.69) is 48.7 Å². The SMILES string of the molecule is Cc1ccc(C(=O)NCc2cccc(C(C)(C)c3cccc(CNC(=O)c4ccc(C)c(C)c4)c3)c2)cc1C. The van der Waals surface area contributed by atoms with Crippen molar-refractivity contribution >= 4 is 11.8 Å². The Morgan fingerprint density at radius 3 is 1.36 bits per heavy atom. The van der Waals surface area contributed by atoms with Crippen LogP contribution in [-0.2, 0) is 18.5 Å². The molecule has 4 aromatic rings. The van der Waals surface area contributed by atoms with E-state index in [4.69, 9.17) is 0 Å². The molecule has 0 radical (unpaired) electrons. The maximum absolute atomic E-state index is 12.7. The van der Waals surface area contributed by atoms with Crippen LogP contribution in [0.2, 0.25) is 0 Å². The van der Waals surface area contributed by atoms with Crippen molar-refractivity contribution in [3.8, 4) is 0 Å². The van der Waals surface area contributed by atoms with Crippen LogP contribution in [0.3, 0.4) is 0 Å². The zero-order valence-electron chi connectivity index (χ0n) is 23.8. The van der Waals surface area contributed by atoms with Crippen molar-refractivity contribution in [3.63, 3.8) is 0 Å². The summed E-state index contributed by atoms with van der Waals surface area (Å²) in [7, 11) is 0. The molecule has 0 bridgehead atoms. The van der Waals surface area contributed by atoms with Crippen LogP contribution >= 0.6 is 0 Å². The number of amides is 2. The summed E-state index contributed by atoms with van der Waals surface area (Å²) in [5.41, 5.74) is 10.1. The van der Waals surface area contributed by atoms with Crippen LogP contribution in [0.15, 0.2) is 84.9 Å². The molecule has 4 rings (SSSR count). The zero-order chi connectivity index (χ0) is 28.2. The molecular formula is C35H38N2O2. The molecule has 0 aliphatic rings. The van der Waals surface area contributed by atoms with Crippen molar-refractivity contribution in [1.82, 2.24) is 10.6 Å². The Labute approximate surface area is 232 Å². The minimum Gasteiger partial charge on any atom is -0.348 e. The standard InChI is InChI=1S/C35H38N2O2/c1-23-13-15-29(17-25(23)3)33(38)36-21-27-9-7-11-31(19-27)35(5,6)32-12-8-10-28(20-32)22-37-34(39)30-16-14-24(2)26(4)18-30/h7-20H,21-22H2,1-6H3,(H,36,38)(H,37,39). The van der Waals surface area contributed by atoms with Crippen LogP contribution in [-0.4, -0.2) is 11.8 Å². The highest BCUT2D eigenvalue weighted by atomic mass is 16.2. The molecule has 2 amide bonds. The normalized spacial score (nSPS) is 11.2. The number of nitrogens with one attached hydrogen (secondary N) is 2. The van der Waals surface area contributed by atoms with Gasteiger partial charge in [-0.3, -0.25) is 9.59 Å². The van der Waals surface area contributed by atoms with E-state index in [9.17, 15) is 9.59 Å². The summed E-state index contributed by atoms with van der Waals surface area (Å²) in [6.07, 6.45) is 0. The Morgan fingerprint density at radius 1 is 0.564 bits per heavy atom. The Hall–Kier alpha value is -4.18. The molecule has 0 unspecified atom stereocenters. The first-order chi connectivity index (χ1) is 18.5. The van der Waals surface area contributed by atoms with Crippen LogP contribution in [0, 0.1) is 27.7 Å². The number of carbonyl (C=O) groups is 2. The van der Waals surface area contributed by atoms with Gasteiger partial charge in [0.1, 0.15) is 0 Å². The van der Waals surface area contributed by atoms with Crippen LogP contribution < -0.4 is 10.6 Å². The van der Waals surface area contributed by atoms with Gasteiger partial charge in [-0.2, -0.15) is 0 Å². The number of rotatable bonds is 8. The molecule has 0 heterocycles. The van der Waals surface area contributed by atoms with Crippen LogP contribution in [0.25, 0.3) is 0 Å². The summed E-state index contributed by atoms with van der Waals surface area (Å²) in [6, 6.07) is 28.3. The second-order valence-corrected chi connectivity index (χ2v) is 11.0.